The van der Waals surface area contributed by atoms with Crippen molar-refractivity contribution < 1.29 is 9.90 Å². The number of carbonyl (C=O) groups excluding carboxylic acids is 1. The summed E-state index contributed by atoms with van der Waals surface area (Å²) < 4.78 is 0. The molecule has 1 aliphatic carbocycles. The first-order valence-electron chi connectivity index (χ1n) is 6.42. The normalized spacial score (nSPS) is 15.1. The van der Waals surface area contributed by atoms with Gasteiger partial charge in [0.05, 0.1) is 0 Å². The van der Waals surface area contributed by atoms with Gasteiger partial charge in [-0.05, 0) is 56.4 Å². The third-order valence-electron chi connectivity index (χ3n) is 3.25. The van der Waals surface area contributed by atoms with E-state index in [9.17, 15) is 9.90 Å². The maximum atomic E-state index is 11.9. The van der Waals surface area contributed by atoms with E-state index in [1.807, 2.05) is 6.92 Å². The Morgan fingerprint density at radius 3 is 2.89 bits per heavy atom. The molecule has 0 aromatic heterocycles. The number of benzene rings is 1. The van der Waals surface area contributed by atoms with Crippen LogP contribution in [0.2, 0.25) is 0 Å². The van der Waals surface area contributed by atoms with Gasteiger partial charge in [-0.15, -0.1) is 0 Å². The van der Waals surface area contributed by atoms with Crippen molar-refractivity contribution in [3.05, 3.63) is 35.4 Å². The lowest BCUT2D eigenvalue weighted by Crippen LogP contribution is -2.13. The predicted molar refractivity (Wildman–Crippen MR) is 72.6 cm³/mol. The van der Waals surface area contributed by atoms with E-state index in [-0.39, 0.29) is 11.7 Å². The van der Waals surface area contributed by atoms with Crippen LogP contribution in [0.5, 0.6) is 5.75 Å². The van der Waals surface area contributed by atoms with Crippen LogP contribution >= 0.6 is 0 Å². The summed E-state index contributed by atoms with van der Waals surface area (Å²) in [5.41, 5.74) is 2.76. The van der Waals surface area contributed by atoms with Crippen LogP contribution in [0.4, 0.5) is 5.69 Å². The Bertz CT molecular complexity index is 477. The Hall–Kier alpha value is -1.77. The smallest absolute Gasteiger partial charge is 0.228 e. The molecule has 2 N–H and O–H groups in total. The fourth-order valence-electron chi connectivity index (χ4n) is 2.21. The molecule has 0 saturated carbocycles. The molecule has 0 spiro atoms. The number of aryl methyl sites for hydroxylation is 1. The van der Waals surface area contributed by atoms with Crippen LogP contribution in [0, 0.1) is 6.92 Å². The number of amides is 1. The van der Waals surface area contributed by atoms with Crippen molar-refractivity contribution in [1.82, 2.24) is 0 Å². The number of phenols is 1. The molecule has 0 saturated heterocycles. The number of rotatable bonds is 3. The Balaban J connectivity index is 1.94. The molecule has 1 amide bonds. The second-order valence-electron chi connectivity index (χ2n) is 4.83. The van der Waals surface area contributed by atoms with Crippen LogP contribution < -0.4 is 5.32 Å². The van der Waals surface area contributed by atoms with Crippen LogP contribution in [0.25, 0.3) is 0 Å². The van der Waals surface area contributed by atoms with Crippen molar-refractivity contribution in [2.75, 3.05) is 5.32 Å². The Kier molecular flexibility index (Phi) is 4.03. The standard InChI is InChI=1S/C15H19NO2/c1-11-9-13(7-8-14(11)17)16-15(18)10-12-5-3-2-4-6-12/h5,7-9,17H,2-4,6,10H2,1H3,(H,16,18). The Morgan fingerprint density at radius 2 is 2.22 bits per heavy atom. The molecule has 0 heterocycles. The van der Waals surface area contributed by atoms with Crippen LogP contribution in [0.1, 0.15) is 37.7 Å². The lowest BCUT2D eigenvalue weighted by molar-refractivity contribution is -0.115. The van der Waals surface area contributed by atoms with Crippen molar-refractivity contribution in [3.63, 3.8) is 0 Å². The van der Waals surface area contributed by atoms with Gasteiger partial charge in [0.1, 0.15) is 5.75 Å². The highest BCUT2D eigenvalue weighted by atomic mass is 16.3. The number of carbonyl (C=O) groups is 1. The molecule has 0 bridgehead atoms. The van der Waals surface area contributed by atoms with Gasteiger partial charge < -0.3 is 10.4 Å². The average Bonchev–Trinajstić information content (AvgIpc) is 2.35. The van der Waals surface area contributed by atoms with E-state index in [4.69, 9.17) is 0 Å². The number of phenolic OH excluding ortho intramolecular Hbond substituents is 1. The van der Waals surface area contributed by atoms with Gasteiger partial charge in [0.15, 0.2) is 0 Å². The van der Waals surface area contributed by atoms with Gasteiger partial charge >= 0.3 is 0 Å². The van der Waals surface area contributed by atoms with Gasteiger partial charge in [-0.2, -0.15) is 0 Å². The van der Waals surface area contributed by atoms with E-state index >= 15 is 0 Å². The first-order valence-corrected chi connectivity index (χ1v) is 6.42. The molecule has 18 heavy (non-hydrogen) atoms. The highest BCUT2D eigenvalue weighted by Gasteiger charge is 2.09. The van der Waals surface area contributed by atoms with E-state index < -0.39 is 0 Å². The minimum atomic E-state index is 0.0215. The lowest BCUT2D eigenvalue weighted by Gasteiger charge is -2.13. The maximum absolute atomic E-state index is 11.9. The van der Waals surface area contributed by atoms with Crippen molar-refractivity contribution >= 4 is 11.6 Å². The van der Waals surface area contributed by atoms with Gasteiger partial charge in [-0.25, -0.2) is 0 Å². The molecule has 0 unspecified atom stereocenters. The Morgan fingerprint density at radius 1 is 1.39 bits per heavy atom. The van der Waals surface area contributed by atoms with E-state index in [1.54, 1.807) is 18.2 Å². The van der Waals surface area contributed by atoms with Gasteiger partial charge in [-0.3, -0.25) is 4.79 Å². The molecule has 0 aliphatic heterocycles. The average molecular weight is 245 g/mol. The monoisotopic (exact) mass is 245 g/mol. The first-order chi connectivity index (χ1) is 8.65. The fourth-order valence-corrected chi connectivity index (χ4v) is 2.21. The van der Waals surface area contributed by atoms with Crippen LogP contribution in [-0.2, 0) is 4.79 Å². The van der Waals surface area contributed by atoms with Gasteiger partial charge in [0.25, 0.3) is 0 Å². The van der Waals surface area contributed by atoms with Crippen LogP contribution in [0.3, 0.4) is 0 Å². The molecule has 2 rings (SSSR count). The molecule has 1 aromatic rings. The summed E-state index contributed by atoms with van der Waals surface area (Å²) in [6.45, 7) is 1.81. The predicted octanol–water partition coefficient (Wildman–Crippen LogP) is 3.53. The maximum Gasteiger partial charge on any atom is 0.228 e. The minimum absolute atomic E-state index is 0.0215. The summed E-state index contributed by atoms with van der Waals surface area (Å²) in [6, 6.07) is 5.10. The molecule has 0 atom stereocenters. The summed E-state index contributed by atoms with van der Waals surface area (Å²) in [6.07, 6.45) is 7.24. The SMILES string of the molecule is Cc1cc(NC(=O)CC2=CCCCC2)ccc1O. The fraction of sp³-hybridized carbons (Fsp3) is 0.400. The van der Waals surface area contributed by atoms with Gasteiger partial charge in [0, 0.05) is 12.1 Å². The largest absolute Gasteiger partial charge is 0.508 e. The zero-order chi connectivity index (χ0) is 13.0. The first kappa shape index (κ1) is 12.7. The number of aromatic hydroxyl groups is 1. The molecule has 3 nitrogen and oxygen atoms in total. The summed E-state index contributed by atoms with van der Waals surface area (Å²) in [4.78, 5) is 11.9. The molecular weight excluding hydrogens is 226 g/mol. The van der Waals surface area contributed by atoms with Crippen molar-refractivity contribution in [2.45, 2.75) is 39.0 Å². The zero-order valence-corrected chi connectivity index (χ0v) is 10.7. The zero-order valence-electron chi connectivity index (χ0n) is 10.7. The second kappa shape index (κ2) is 5.71. The molecule has 3 heteroatoms. The third-order valence-corrected chi connectivity index (χ3v) is 3.25. The lowest BCUT2D eigenvalue weighted by atomic mass is 9.97. The molecule has 0 radical (unpaired) electrons. The van der Waals surface area contributed by atoms with E-state index in [1.165, 1.54) is 18.4 Å². The van der Waals surface area contributed by atoms with Crippen LogP contribution in [0.15, 0.2) is 29.8 Å². The minimum Gasteiger partial charge on any atom is -0.508 e. The molecule has 1 aliphatic rings. The number of hydrogen-bond donors (Lipinski definition) is 2. The number of anilines is 1. The molecule has 96 valence electrons. The van der Waals surface area contributed by atoms with E-state index in [0.717, 1.165) is 24.1 Å². The van der Waals surface area contributed by atoms with Crippen LogP contribution in [-0.4, -0.2) is 11.0 Å². The highest BCUT2D eigenvalue weighted by molar-refractivity contribution is 5.92. The number of hydrogen-bond acceptors (Lipinski definition) is 2. The number of nitrogens with one attached hydrogen (secondary N) is 1. The molecular formula is C15H19NO2. The summed E-state index contributed by atoms with van der Waals surface area (Å²) >= 11 is 0. The summed E-state index contributed by atoms with van der Waals surface area (Å²) in [7, 11) is 0. The topological polar surface area (TPSA) is 49.3 Å². The van der Waals surface area contributed by atoms with Crippen molar-refractivity contribution in [2.24, 2.45) is 0 Å². The van der Waals surface area contributed by atoms with E-state index in [2.05, 4.69) is 11.4 Å². The molecule has 0 fully saturated rings. The summed E-state index contributed by atoms with van der Waals surface area (Å²) in [5.74, 6) is 0.274. The van der Waals surface area contributed by atoms with Crippen molar-refractivity contribution in [1.29, 1.82) is 0 Å². The quantitative estimate of drug-likeness (QED) is 0.632. The van der Waals surface area contributed by atoms with Gasteiger partial charge in [-0.1, -0.05) is 11.6 Å². The van der Waals surface area contributed by atoms with E-state index in [0.29, 0.717) is 6.42 Å². The third kappa shape index (κ3) is 3.36. The highest BCUT2D eigenvalue weighted by Crippen LogP contribution is 2.22. The second-order valence-corrected chi connectivity index (χ2v) is 4.83. The number of allylic oxidation sites excluding steroid dienone is 1. The summed E-state index contributed by atoms with van der Waals surface area (Å²) in [5, 5.41) is 12.3. The molecule has 1 aromatic carbocycles. The van der Waals surface area contributed by atoms with Crippen molar-refractivity contribution in [3.8, 4) is 5.75 Å². The Labute approximate surface area is 108 Å². The van der Waals surface area contributed by atoms with Gasteiger partial charge in [0.2, 0.25) is 5.91 Å².